The van der Waals surface area contributed by atoms with E-state index in [1.807, 2.05) is 25.2 Å². The number of carbonyl (C=O) groups is 3. The van der Waals surface area contributed by atoms with Crippen LogP contribution in [0.15, 0.2) is 35.1 Å². The van der Waals surface area contributed by atoms with Crippen LogP contribution in [0.5, 0.6) is 0 Å². The molecular formula is C24H28O5. The molecule has 2 fully saturated rings. The maximum absolute atomic E-state index is 13.4. The number of esters is 2. The van der Waals surface area contributed by atoms with Gasteiger partial charge in [-0.1, -0.05) is 32.4 Å². The van der Waals surface area contributed by atoms with Crippen molar-refractivity contribution in [1.29, 1.82) is 0 Å². The second-order valence-electron chi connectivity index (χ2n) is 9.08. The molecule has 0 amide bonds. The second kappa shape index (κ2) is 6.41. The van der Waals surface area contributed by atoms with Crippen molar-refractivity contribution >= 4 is 17.7 Å². The lowest BCUT2D eigenvalue weighted by molar-refractivity contribution is -0.176. The van der Waals surface area contributed by atoms with Gasteiger partial charge in [-0.2, -0.15) is 0 Å². The Kier molecular flexibility index (Phi) is 4.17. The lowest BCUT2D eigenvalue weighted by atomic mass is 9.62. The van der Waals surface area contributed by atoms with Crippen molar-refractivity contribution in [2.45, 2.75) is 70.8 Å². The van der Waals surface area contributed by atoms with Gasteiger partial charge in [0.1, 0.15) is 11.2 Å². The molecule has 29 heavy (non-hydrogen) atoms. The summed E-state index contributed by atoms with van der Waals surface area (Å²) in [6, 6.07) is 0. The molecule has 5 atom stereocenters. The molecule has 2 bridgehead atoms. The minimum atomic E-state index is -1.07. The van der Waals surface area contributed by atoms with Crippen LogP contribution in [0.25, 0.3) is 0 Å². The van der Waals surface area contributed by atoms with Gasteiger partial charge in [0.25, 0.3) is 0 Å². The molecule has 0 N–H and O–H groups in total. The first kappa shape index (κ1) is 18.8. The van der Waals surface area contributed by atoms with Crippen LogP contribution < -0.4 is 0 Å². The first-order chi connectivity index (χ1) is 14.0. The zero-order chi connectivity index (χ0) is 20.4. The second-order valence-corrected chi connectivity index (χ2v) is 9.08. The predicted octanol–water partition coefficient (Wildman–Crippen LogP) is 4.18. The minimum absolute atomic E-state index is 0.0418. The Hall–Kier alpha value is -2.17. The number of rotatable bonds is 5. The number of allylic oxidation sites excluding steroid dienone is 3. The molecule has 0 aromatic heterocycles. The van der Waals surface area contributed by atoms with E-state index in [4.69, 9.17) is 9.47 Å². The first-order valence-electron chi connectivity index (χ1n) is 11.1. The number of cyclic esters (lactones) is 1. The third kappa shape index (κ3) is 2.14. The topological polar surface area (TPSA) is 69.7 Å². The molecule has 0 radical (unpaired) electrons. The van der Waals surface area contributed by atoms with Crippen molar-refractivity contribution in [2.24, 2.45) is 23.2 Å². The Labute approximate surface area is 171 Å². The Bertz CT molecular complexity index is 893. The van der Waals surface area contributed by atoms with Gasteiger partial charge in [0, 0.05) is 35.3 Å². The number of carbonyl (C=O) groups excluding carboxylic acids is 3. The van der Waals surface area contributed by atoms with Crippen LogP contribution in [-0.2, 0) is 23.9 Å². The summed E-state index contributed by atoms with van der Waals surface area (Å²) in [5.74, 6) is -0.564. The van der Waals surface area contributed by atoms with E-state index in [0.29, 0.717) is 24.2 Å². The molecule has 0 aromatic rings. The third-order valence-electron chi connectivity index (χ3n) is 7.79. The van der Waals surface area contributed by atoms with E-state index in [1.54, 1.807) is 0 Å². The van der Waals surface area contributed by atoms with Gasteiger partial charge in [-0.25, -0.2) is 4.79 Å². The van der Waals surface area contributed by atoms with Crippen LogP contribution in [0.2, 0.25) is 0 Å². The largest absolute Gasteiger partial charge is 0.450 e. The molecule has 1 saturated heterocycles. The van der Waals surface area contributed by atoms with E-state index < -0.39 is 11.0 Å². The summed E-state index contributed by atoms with van der Waals surface area (Å²) in [6.45, 7) is 4.07. The van der Waals surface area contributed by atoms with Gasteiger partial charge < -0.3 is 9.47 Å². The number of ether oxygens (including phenoxy) is 2. The van der Waals surface area contributed by atoms with E-state index in [9.17, 15) is 14.4 Å². The van der Waals surface area contributed by atoms with E-state index in [-0.39, 0.29) is 35.5 Å². The zero-order valence-corrected chi connectivity index (χ0v) is 17.2. The molecule has 0 spiro atoms. The van der Waals surface area contributed by atoms with Crippen molar-refractivity contribution < 1.29 is 23.9 Å². The van der Waals surface area contributed by atoms with Crippen molar-refractivity contribution in [3.63, 3.8) is 0 Å². The highest BCUT2D eigenvalue weighted by Gasteiger charge is 2.81. The molecule has 5 aliphatic rings. The Morgan fingerprint density at radius 1 is 1.24 bits per heavy atom. The zero-order valence-electron chi connectivity index (χ0n) is 17.2. The summed E-state index contributed by atoms with van der Waals surface area (Å²) in [5.41, 5.74) is -0.373. The molecule has 3 aliphatic carbocycles. The molecule has 0 aromatic carbocycles. The summed E-state index contributed by atoms with van der Waals surface area (Å²) in [6.07, 6.45) is 12.0. The highest BCUT2D eigenvalue weighted by Crippen LogP contribution is 2.72. The predicted molar refractivity (Wildman–Crippen MR) is 105 cm³/mol. The molecule has 5 nitrogen and oxygen atoms in total. The van der Waals surface area contributed by atoms with Crippen LogP contribution >= 0.6 is 0 Å². The van der Waals surface area contributed by atoms with Gasteiger partial charge in [-0.05, 0) is 44.6 Å². The number of hydrogen-bond donors (Lipinski definition) is 0. The minimum Gasteiger partial charge on any atom is -0.450 e. The van der Waals surface area contributed by atoms with Gasteiger partial charge in [0.2, 0.25) is 0 Å². The van der Waals surface area contributed by atoms with Crippen molar-refractivity contribution in [1.82, 2.24) is 0 Å². The maximum atomic E-state index is 13.4. The van der Waals surface area contributed by atoms with Crippen LogP contribution in [0.3, 0.4) is 0 Å². The Morgan fingerprint density at radius 3 is 2.83 bits per heavy atom. The average molecular weight is 396 g/mol. The van der Waals surface area contributed by atoms with Crippen LogP contribution in [0.4, 0.5) is 0 Å². The summed E-state index contributed by atoms with van der Waals surface area (Å²) < 4.78 is 11.7. The fraction of sp³-hybridized carbons (Fsp3) is 0.625. The standard InChI is InChI=1S/C24H28O5/c1-3-5-9-16-14-11-12-15-20(19(14)21(26)28-16)23-13-7-6-10-17(23)24(15,29-22(23)27)18(25)8-4-2/h7,9,13,15,17,20H,3-6,8,10-12H2,1-2H3/b16-9-/t15?,17-,20+,23?,24?/m0/s1. The molecule has 5 rings (SSSR count). The fourth-order valence-corrected chi connectivity index (χ4v) is 6.84. The molecule has 5 heteroatoms. The molecular weight excluding hydrogens is 368 g/mol. The van der Waals surface area contributed by atoms with Gasteiger partial charge >= 0.3 is 11.9 Å². The first-order valence-corrected chi connectivity index (χ1v) is 11.1. The summed E-state index contributed by atoms with van der Waals surface area (Å²) in [7, 11) is 0. The number of fused-ring (bicyclic) bond motifs is 3. The van der Waals surface area contributed by atoms with Gasteiger partial charge in [-0.3, -0.25) is 9.59 Å². The quantitative estimate of drug-likeness (QED) is 0.515. The third-order valence-corrected chi connectivity index (χ3v) is 7.79. The smallest absolute Gasteiger partial charge is 0.340 e. The summed E-state index contributed by atoms with van der Waals surface area (Å²) in [5, 5.41) is 0. The Morgan fingerprint density at radius 2 is 2.07 bits per heavy atom. The monoisotopic (exact) mass is 396 g/mol. The normalized spacial score (nSPS) is 40.6. The van der Waals surface area contributed by atoms with E-state index in [2.05, 4.69) is 6.92 Å². The molecule has 1 saturated carbocycles. The lowest BCUT2D eigenvalue weighted by Crippen LogP contribution is -2.52. The molecule has 154 valence electrons. The Balaban J connectivity index is 1.70. The number of Topliss-reactive ketones (excluding diaryl/α,β-unsaturated/α-hetero) is 1. The van der Waals surface area contributed by atoms with Crippen LogP contribution in [-0.4, -0.2) is 23.3 Å². The van der Waals surface area contributed by atoms with Crippen molar-refractivity contribution in [2.75, 3.05) is 0 Å². The summed E-state index contributed by atoms with van der Waals surface area (Å²) in [4.78, 5) is 39.7. The SMILES string of the molecule is CCC/C=C1\OC(=O)C2=C1CCC1[C@H]2C23C=CCC[C@@H]2C1(C(=O)CCC)OC3=O. The van der Waals surface area contributed by atoms with Gasteiger partial charge in [0.15, 0.2) is 11.4 Å². The van der Waals surface area contributed by atoms with Crippen LogP contribution in [0.1, 0.15) is 65.2 Å². The van der Waals surface area contributed by atoms with E-state index >= 15 is 0 Å². The summed E-state index contributed by atoms with van der Waals surface area (Å²) >= 11 is 0. The lowest BCUT2D eigenvalue weighted by Gasteiger charge is -2.42. The molecule has 2 heterocycles. The highest BCUT2D eigenvalue weighted by molar-refractivity contribution is 6.03. The van der Waals surface area contributed by atoms with Crippen molar-refractivity contribution in [3.8, 4) is 0 Å². The van der Waals surface area contributed by atoms with Crippen LogP contribution in [0, 0.1) is 23.2 Å². The van der Waals surface area contributed by atoms with Gasteiger partial charge in [-0.15, -0.1) is 0 Å². The maximum Gasteiger partial charge on any atom is 0.340 e. The average Bonchev–Trinajstić information content (AvgIpc) is 3.28. The van der Waals surface area contributed by atoms with Gasteiger partial charge in [0.05, 0.1) is 0 Å². The number of hydrogen-bond acceptors (Lipinski definition) is 5. The fourth-order valence-electron chi connectivity index (χ4n) is 6.84. The van der Waals surface area contributed by atoms with Crippen molar-refractivity contribution in [3.05, 3.63) is 35.1 Å². The molecule has 3 unspecified atom stereocenters. The highest BCUT2D eigenvalue weighted by atomic mass is 16.6. The van der Waals surface area contributed by atoms with E-state index in [0.717, 1.165) is 44.1 Å². The number of ketones is 1. The van der Waals surface area contributed by atoms with E-state index in [1.165, 1.54) is 0 Å². The number of unbranched alkanes of at least 4 members (excludes halogenated alkanes) is 1. The molecule has 2 aliphatic heterocycles.